The fourth-order valence-corrected chi connectivity index (χ4v) is 2.18. The lowest BCUT2D eigenvalue weighted by Gasteiger charge is -2.16. The van der Waals surface area contributed by atoms with E-state index in [1.54, 1.807) is 4.98 Å². The second-order valence-electron chi connectivity index (χ2n) is 4.53. The number of hydrogen-bond acceptors (Lipinski definition) is 5. The van der Waals surface area contributed by atoms with E-state index in [0.29, 0.717) is 10.8 Å². The van der Waals surface area contributed by atoms with Crippen LogP contribution in [0.1, 0.15) is 18.2 Å². The first-order valence-electron chi connectivity index (χ1n) is 5.99. The van der Waals surface area contributed by atoms with Crippen LogP contribution >= 0.6 is 0 Å². The highest BCUT2D eigenvalue weighted by Gasteiger charge is 2.39. The van der Waals surface area contributed by atoms with Crippen molar-refractivity contribution >= 4 is 0 Å². The predicted molar refractivity (Wildman–Crippen MR) is 62.7 cm³/mol. The minimum absolute atomic E-state index is 0.0744. The zero-order chi connectivity index (χ0) is 15.8. The first-order valence-corrected chi connectivity index (χ1v) is 5.99. The Labute approximate surface area is 115 Å². The second-order valence-corrected chi connectivity index (χ2v) is 4.53. The van der Waals surface area contributed by atoms with Gasteiger partial charge in [0.15, 0.2) is 0 Å². The molecular formula is C11H13F3N2O5. The molecule has 1 aromatic heterocycles. The molecule has 0 unspecified atom stereocenters. The Kier molecular flexibility index (Phi) is 4.21. The molecule has 1 aliphatic heterocycles. The Morgan fingerprint density at radius 1 is 1.52 bits per heavy atom. The molecule has 0 spiro atoms. The highest BCUT2D eigenvalue weighted by molar-refractivity contribution is 5.09. The van der Waals surface area contributed by atoms with Gasteiger partial charge in [0.25, 0.3) is 5.56 Å². The molecule has 1 aliphatic rings. The van der Waals surface area contributed by atoms with Crippen molar-refractivity contribution in [2.75, 3.05) is 13.7 Å². The molecule has 0 amide bonds. The van der Waals surface area contributed by atoms with Gasteiger partial charge in [-0.3, -0.25) is 14.3 Å². The number of rotatable bonds is 3. The van der Waals surface area contributed by atoms with E-state index in [2.05, 4.69) is 0 Å². The van der Waals surface area contributed by atoms with E-state index in [1.807, 2.05) is 0 Å². The summed E-state index contributed by atoms with van der Waals surface area (Å²) in [6.45, 7) is -0.404. The number of H-pyrrole nitrogens is 1. The zero-order valence-electron chi connectivity index (χ0n) is 10.9. The number of nitrogens with one attached hydrogen (secondary N) is 1. The number of methoxy groups -OCH3 is 1. The number of halogens is 3. The van der Waals surface area contributed by atoms with Crippen LogP contribution in [0.25, 0.3) is 0 Å². The van der Waals surface area contributed by atoms with E-state index in [0.717, 1.165) is 0 Å². The number of alkyl halides is 3. The lowest BCUT2D eigenvalue weighted by Crippen LogP contribution is -2.36. The van der Waals surface area contributed by atoms with Crippen LogP contribution < -0.4 is 11.2 Å². The normalized spacial score (nSPS) is 26.2. The largest absolute Gasteiger partial charge is 0.423 e. The lowest BCUT2D eigenvalue weighted by atomic mass is 10.2. The summed E-state index contributed by atoms with van der Waals surface area (Å²) >= 11 is 0. The van der Waals surface area contributed by atoms with Crippen molar-refractivity contribution in [3.63, 3.8) is 0 Å². The SMILES string of the molecule is CO[C@H]1C[C@H](n2cc(C(F)(F)F)c(=O)[nH]c2=O)O[C@@H]1CO. The number of aliphatic hydroxyl groups excluding tert-OH is 1. The lowest BCUT2D eigenvalue weighted by molar-refractivity contribution is -0.139. The van der Waals surface area contributed by atoms with Crippen molar-refractivity contribution in [3.8, 4) is 0 Å². The summed E-state index contributed by atoms with van der Waals surface area (Å²) in [6, 6.07) is 0. The van der Waals surface area contributed by atoms with Crippen molar-refractivity contribution in [2.45, 2.75) is 31.0 Å². The topological polar surface area (TPSA) is 93.6 Å². The first kappa shape index (κ1) is 15.7. The average molecular weight is 310 g/mol. The minimum atomic E-state index is -4.89. The van der Waals surface area contributed by atoms with E-state index in [-0.39, 0.29) is 6.42 Å². The predicted octanol–water partition coefficient (Wildman–Crippen LogP) is -0.150. The van der Waals surface area contributed by atoms with E-state index in [9.17, 15) is 22.8 Å². The fourth-order valence-electron chi connectivity index (χ4n) is 2.18. The first-order chi connectivity index (χ1) is 9.77. The van der Waals surface area contributed by atoms with Crippen LogP contribution in [0, 0.1) is 0 Å². The minimum Gasteiger partial charge on any atom is -0.394 e. The van der Waals surface area contributed by atoms with Crippen molar-refractivity contribution < 1.29 is 27.8 Å². The highest BCUT2D eigenvalue weighted by Crippen LogP contribution is 2.31. The molecule has 0 saturated carbocycles. The van der Waals surface area contributed by atoms with Gasteiger partial charge in [-0.15, -0.1) is 0 Å². The zero-order valence-corrected chi connectivity index (χ0v) is 10.9. The van der Waals surface area contributed by atoms with Gasteiger partial charge >= 0.3 is 11.9 Å². The molecule has 0 aromatic carbocycles. The van der Waals surface area contributed by atoms with Crippen molar-refractivity contribution in [1.82, 2.24) is 9.55 Å². The van der Waals surface area contributed by atoms with E-state index < -0.39 is 48.0 Å². The van der Waals surface area contributed by atoms with Crippen molar-refractivity contribution in [1.29, 1.82) is 0 Å². The number of aromatic amines is 1. The molecule has 1 fully saturated rings. The molecule has 2 rings (SSSR count). The van der Waals surface area contributed by atoms with Crippen LogP contribution in [0.3, 0.4) is 0 Å². The Morgan fingerprint density at radius 3 is 2.67 bits per heavy atom. The number of nitrogens with zero attached hydrogens (tertiary/aromatic N) is 1. The summed E-state index contributed by atoms with van der Waals surface area (Å²) in [4.78, 5) is 24.5. The third-order valence-electron chi connectivity index (χ3n) is 3.25. The van der Waals surface area contributed by atoms with Crippen molar-refractivity contribution in [2.24, 2.45) is 0 Å². The third kappa shape index (κ3) is 3.01. The monoisotopic (exact) mass is 310 g/mol. The average Bonchev–Trinajstić information content (AvgIpc) is 2.80. The summed E-state index contributed by atoms with van der Waals surface area (Å²) in [5.41, 5.74) is -4.03. The molecule has 7 nitrogen and oxygen atoms in total. The van der Waals surface area contributed by atoms with Crippen LogP contribution in [-0.2, 0) is 15.7 Å². The molecule has 0 aliphatic carbocycles. The van der Waals surface area contributed by atoms with Crippen LogP contribution in [0.15, 0.2) is 15.8 Å². The Bertz CT molecular complexity index is 612. The van der Waals surface area contributed by atoms with Crippen LogP contribution in [-0.4, -0.2) is 40.6 Å². The molecule has 2 N–H and O–H groups in total. The van der Waals surface area contributed by atoms with Gasteiger partial charge in [0.1, 0.15) is 17.9 Å². The van der Waals surface area contributed by atoms with E-state index >= 15 is 0 Å². The summed E-state index contributed by atoms with van der Waals surface area (Å²) in [5.74, 6) is 0. The second kappa shape index (κ2) is 5.62. The van der Waals surface area contributed by atoms with Gasteiger partial charge < -0.3 is 14.6 Å². The maximum Gasteiger partial charge on any atom is 0.423 e. The standard InChI is InChI=1S/C11H13F3N2O5/c1-20-6-2-8(21-7(6)4-17)16-3-5(11(12,13)14)9(18)15-10(16)19/h3,6-8,17H,2,4H2,1H3,(H,15,18,19)/t6-,7+,8+/m0/s1. The third-order valence-corrected chi connectivity index (χ3v) is 3.25. The molecule has 1 aromatic rings. The molecule has 118 valence electrons. The smallest absolute Gasteiger partial charge is 0.394 e. The number of hydrogen-bond donors (Lipinski definition) is 2. The summed E-state index contributed by atoms with van der Waals surface area (Å²) in [7, 11) is 1.36. The van der Waals surface area contributed by atoms with Gasteiger partial charge in [0, 0.05) is 19.7 Å². The van der Waals surface area contributed by atoms with Gasteiger partial charge in [-0.1, -0.05) is 0 Å². The van der Waals surface area contributed by atoms with Crippen LogP contribution in [0.4, 0.5) is 13.2 Å². The van der Waals surface area contributed by atoms with Crippen molar-refractivity contribution in [3.05, 3.63) is 32.6 Å². The fraction of sp³-hybridized carbons (Fsp3) is 0.636. The number of aliphatic hydroxyl groups is 1. The maximum absolute atomic E-state index is 12.7. The quantitative estimate of drug-likeness (QED) is 0.810. The summed E-state index contributed by atoms with van der Waals surface area (Å²) in [5, 5.41) is 9.10. The Hall–Kier alpha value is -1.65. The highest BCUT2D eigenvalue weighted by atomic mass is 19.4. The Balaban J connectivity index is 2.42. The van der Waals surface area contributed by atoms with Gasteiger partial charge in [-0.25, -0.2) is 4.79 Å². The molecule has 0 bridgehead atoms. The number of ether oxygens (including phenoxy) is 2. The van der Waals surface area contributed by atoms with Gasteiger partial charge in [0.05, 0.1) is 12.7 Å². The Morgan fingerprint density at radius 2 is 2.19 bits per heavy atom. The molecule has 21 heavy (non-hydrogen) atoms. The van der Waals surface area contributed by atoms with Crippen LogP contribution in [0.5, 0.6) is 0 Å². The maximum atomic E-state index is 12.7. The molecule has 10 heteroatoms. The summed E-state index contributed by atoms with van der Waals surface area (Å²) < 4.78 is 49.0. The van der Waals surface area contributed by atoms with Gasteiger partial charge in [-0.05, 0) is 0 Å². The van der Waals surface area contributed by atoms with E-state index in [1.165, 1.54) is 7.11 Å². The molecule has 0 radical (unpaired) electrons. The molecule has 3 atom stereocenters. The number of aromatic nitrogens is 2. The van der Waals surface area contributed by atoms with Gasteiger partial charge in [0.2, 0.25) is 0 Å². The molecule has 2 heterocycles. The van der Waals surface area contributed by atoms with Crippen LogP contribution in [0.2, 0.25) is 0 Å². The van der Waals surface area contributed by atoms with E-state index in [4.69, 9.17) is 14.6 Å². The summed E-state index contributed by atoms with van der Waals surface area (Å²) in [6.07, 6.45) is -6.78. The molecular weight excluding hydrogens is 297 g/mol. The molecule has 1 saturated heterocycles. The van der Waals surface area contributed by atoms with Gasteiger partial charge in [-0.2, -0.15) is 13.2 Å².